The van der Waals surface area contributed by atoms with E-state index in [4.69, 9.17) is 4.98 Å². The second-order valence-corrected chi connectivity index (χ2v) is 13.2. The minimum Gasteiger partial charge on any atom is -0.351 e. The van der Waals surface area contributed by atoms with Crippen molar-refractivity contribution in [2.75, 3.05) is 24.5 Å². The Hall–Kier alpha value is -3.53. The van der Waals surface area contributed by atoms with E-state index in [1.807, 2.05) is 55.5 Å². The smallest absolute Gasteiger partial charge is 0.351 e. The maximum Gasteiger partial charge on any atom is 0.406 e. The predicted molar refractivity (Wildman–Crippen MR) is 170 cm³/mol. The topological polar surface area (TPSA) is 65.5 Å². The third-order valence-corrected chi connectivity index (χ3v) is 9.26. The lowest BCUT2D eigenvalue weighted by atomic mass is 9.88. The lowest BCUT2D eigenvalue weighted by Crippen LogP contribution is -2.49. The van der Waals surface area contributed by atoms with Gasteiger partial charge in [-0.3, -0.25) is 9.59 Å². The Morgan fingerprint density at radius 3 is 2.57 bits per heavy atom. The molecule has 2 aromatic carbocycles. The van der Waals surface area contributed by atoms with Crippen molar-refractivity contribution in [3.8, 4) is 22.3 Å². The first-order chi connectivity index (χ1) is 21.1. The van der Waals surface area contributed by atoms with E-state index in [0.717, 1.165) is 50.7 Å². The van der Waals surface area contributed by atoms with E-state index >= 15 is 0 Å². The zero-order valence-corrected chi connectivity index (χ0v) is 26.2. The van der Waals surface area contributed by atoms with Gasteiger partial charge < -0.3 is 15.1 Å². The number of amides is 2. The van der Waals surface area contributed by atoms with Gasteiger partial charge in [0.15, 0.2) is 0 Å². The first-order valence-electron chi connectivity index (χ1n) is 15.3. The number of unbranched alkanes of at least 4 members (excludes halogenated alkanes) is 1. The summed E-state index contributed by atoms with van der Waals surface area (Å²) in [5, 5.41) is 4.07. The zero-order chi connectivity index (χ0) is 31.4. The maximum atomic E-state index is 14.5. The molecule has 1 N–H and O–H groups in total. The maximum absolute atomic E-state index is 14.5. The summed E-state index contributed by atoms with van der Waals surface area (Å²) in [5.74, 6) is -1.48. The van der Waals surface area contributed by atoms with Gasteiger partial charge in [0, 0.05) is 41.2 Å². The molecule has 0 saturated carbocycles. The number of pyridine rings is 1. The number of carbonyl (C=O) groups is 2. The highest BCUT2D eigenvalue weighted by molar-refractivity contribution is 7.99. The molecule has 1 aromatic heterocycles. The Labute approximate surface area is 261 Å². The summed E-state index contributed by atoms with van der Waals surface area (Å²) in [6.45, 7) is 5.44. The van der Waals surface area contributed by atoms with Gasteiger partial charge in [0.1, 0.15) is 17.7 Å². The minimum absolute atomic E-state index is 0.0225. The lowest BCUT2D eigenvalue weighted by molar-refractivity contribution is -0.161. The fourth-order valence-electron chi connectivity index (χ4n) is 6.45. The van der Waals surface area contributed by atoms with Gasteiger partial charge in [-0.05, 0) is 48.4 Å². The van der Waals surface area contributed by atoms with Crippen LogP contribution in [-0.2, 0) is 9.59 Å². The van der Waals surface area contributed by atoms with Crippen molar-refractivity contribution in [1.29, 1.82) is 0 Å². The van der Waals surface area contributed by atoms with Crippen LogP contribution in [0.5, 0.6) is 0 Å². The van der Waals surface area contributed by atoms with E-state index in [2.05, 4.69) is 24.1 Å². The van der Waals surface area contributed by atoms with Gasteiger partial charge in [0.25, 0.3) is 0 Å². The van der Waals surface area contributed by atoms with Crippen LogP contribution in [0.2, 0.25) is 0 Å². The van der Waals surface area contributed by atoms with Crippen LogP contribution < -0.4 is 10.2 Å². The number of thioether (sulfide) groups is 1. The number of alkyl halides is 3. The zero-order valence-electron chi connectivity index (χ0n) is 25.4. The van der Waals surface area contributed by atoms with Crippen LogP contribution in [0.3, 0.4) is 0 Å². The van der Waals surface area contributed by atoms with E-state index < -0.39 is 24.5 Å². The summed E-state index contributed by atoms with van der Waals surface area (Å²) < 4.78 is 41.6. The predicted octanol–water partition coefficient (Wildman–Crippen LogP) is 7.61. The average molecular weight is 625 g/mol. The third kappa shape index (κ3) is 6.60. The molecule has 2 amide bonds. The number of nitrogens with one attached hydrogen (secondary N) is 1. The fourth-order valence-corrected chi connectivity index (χ4v) is 7.32. The van der Waals surface area contributed by atoms with Crippen molar-refractivity contribution < 1.29 is 22.8 Å². The van der Waals surface area contributed by atoms with E-state index in [-0.39, 0.29) is 18.0 Å². The molecule has 5 rings (SSSR count). The quantitative estimate of drug-likeness (QED) is 0.176. The Balaban J connectivity index is 1.78. The Kier molecular flexibility index (Phi) is 9.87. The summed E-state index contributed by atoms with van der Waals surface area (Å²) in [6.07, 6.45) is 1.25. The highest BCUT2D eigenvalue weighted by atomic mass is 32.2. The second kappa shape index (κ2) is 13.6. The number of benzene rings is 2. The number of hydrogen-bond donors (Lipinski definition) is 1. The number of anilines is 1. The number of halogens is 3. The average Bonchev–Trinajstić information content (AvgIpc) is 3.33. The van der Waals surface area contributed by atoms with E-state index in [1.165, 1.54) is 0 Å². The van der Waals surface area contributed by atoms with Crippen LogP contribution >= 0.6 is 11.8 Å². The molecule has 2 aliphatic rings. The molecule has 3 aromatic rings. The van der Waals surface area contributed by atoms with Crippen LogP contribution in [0, 0.1) is 0 Å². The van der Waals surface area contributed by atoms with Gasteiger partial charge in [-0.25, -0.2) is 4.98 Å². The molecule has 10 heteroatoms. The second-order valence-electron chi connectivity index (χ2n) is 11.7. The Morgan fingerprint density at radius 2 is 1.84 bits per heavy atom. The first kappa shape index (κ1) is 31.9. The number of carbonyl (C=O) groups excluding carboxylic acids is 2. The molecular formula is C34H39F3N4O2S. The fraction of sp³-hybridized carbons (Fsp3) is 0.441. The monoisotopic (exact) mass is 624 g/mol. The number of fused-ring (bicyclic) bond motifs is 3. The summed E-state index contributed by atoms with van der Waals surface area (Å²) >= 11 is 1.63. The van der Waals surface area contributed by atoms with Crippen molar-refractivity contribution in [1.82, 2.24) is 15.2 Å². The molecule has 1 aliphatic heterocycles. The molecular weight excluding hydrogens is 585 g/mol. The van der Waals surface area contributed by atoms with Crippen molar-refractivity contribution in [2.45, 2.75) is 81.4 Å². The van der Waals surface area contributed by atoms with Crippen molar-refractivity contribution in [3.63, 3.8) is 0 Å². The molecule has 2 unspecified atom stereocenters. The molecule has 2 atom stereocenters. The molecule has 2 heterocycles. The molecule has 6 nitrogen and oxygen atoms in total. The number of nitrogens with zero attached hydrogens (tertiary/aromatic N) is 3. The van der Waals surface area contributed by atoms with Crippen LogP contribution in [0.1, 0.15) is 69.9 Å². The van der Waals surface area contributed by atoms with Crippen molar-refractivity contribution >= 4 is 29.8 Å². The van der Waals surface area contributed by atoms with Crippen molar-refractivity contribution in [3.05, 3.63) is 65.9 Å². The molecule has 1 aliphatic carbocycles. The molecule has 0 bridgehead atoms. The summed E-state index contributed by atoms with van der Waals surface area (Å²) in [7, 11) is 0. The number of rotatable bonds is 11. The molecule has 1 saturated heterocycles. The van der Waals surface area contributed by atoms with Gasteiger partial charge in [-0.15, -0.1) is 11.8 Å². The van der Waals surface area contributed by atoms with E-state index in [1.54, 1.807) is 18.0 Å². The van der Waals surface area contributed by atoms with Gasteiger partial charge in [0.05, 0.1) is 11.6 Å². The minimum atomic E-state index is -4.53. The Morgan fingerprint density at radius 1 is 1.09 bits per heavy atom. The molecule has 0 radical (unpaired) electrons. The number of hydrogen-bond acceptors (Lipinski definition) is 5. The SMILES string of the molecule is CCCCN(CC(F)(F)F)C(=O)C1c2ccccc2-c2ccc(-c3cccnc3SC(C)C)c(N3CCCCC3NC=O)c21. The number of piperidine rings is 1. The lowest BCUT2D eigenvalue weighted by Gasteiger charge is -2.40. The van der Waals surface area contributed by atoms with Crippen LogP contribution in [0.25, 0.3) is 22.3 Å². The largest absolute Gasteiger partial charge is 0.406 e. The normalized spacial score (nSPS) is 17.8. The Bertz CT molecular complexity index is 1500. The van der Waals surface area contributed by atoms with Crippen molar-refractivity contribution in [2.24, 2.45) is 0 Å². The van der Waals surface area contributed by atoms with Gasteiger partial charge in [0.2, 0.25) is 12.3 Å². The van der Waals surface area contributed by atoms with Gasteiger partial charge in [-0.2, -0.15) is 13.2 Å². The molecule has 234 valence electrons. The molecule has 1 fully saturated rings. The van der Waals surface area contributed by atoms with Gasteiger partial charge >= 0.3 is 6.18 Å². The molecule has 0 spiro atoms. The molecule has 44 heavy (non-hydrogen) atoms. The van der Waals surface area contributed by atoms with Crippen LogP contribution in [0.15, 0.2) is 59.8 Å². The van der Waals surface area contributed by atoms with Gasteiger partial charge in [-0.1, -0.05) is 69.7 Å². The first-order valence-corrected chi connectivity index (χ1v) is 16.2. The summed E-state index contributed by atoms with van der Waals surface area (Å²) in [6, 6.07) is 15.4. The third-order valence-electron chi connectivity index (χ3n) is 8.24. The highest BCUT2D eigenvalue weighted by Gasteiger charge is 2.43. The standard InChI is InChI=1S/C34H39F3N4O2S/c1-4-5-18-40(20-34(35,36)37)33(43)30-24-12-7-6-11-23(24)25-15-16-26(27-13-10-17-38-32(27)44-22(2)3)31(29(25)30)41-19-9-8-14-28(41)39-21-42/h6-7,10-13,15-17,21-22,28,30H,4-5,8-9,14,18-20H2,1-3H3,(H,39,42). The highest BCUT2D eigenvalue weighted by Crippen LogP contribution is 2.54. The summed E-state index contributed by atoms with van der Waals surface area (Å²) in [4.78, 5) is 34.1. The van der Waals surface area contributed by atoms with Crippen LogP contribution in [0.4, 0.5) is 18.9 Å². The van der Waals surface area contributed by atoms with E-state index in [9.17, 15) is 22.8 Å². The number of aromatic nitrogens is 1. The summed E-state index contributed by atoms with van der Waals surface area (Å²) in [5.41, 5.74) is 5.59. The van der Waals surface area contributed by atoms with Crippen LogP contribution in [-0.4, -0.2) is 59.4 Å². The van der Waals surface area contributed by atoms with E-state index in [0.29, 0.717) is 43.3 Å².